The SMILES string of the molecule is COC1[C@H](C)OCC12CCN(c1cc(S(=O)(=O)NC(C)C3CC3)cn3c(-c4nnc(C(F)(F)F)s4)c(C4CC4)nc13)CC2. The first-order valence-corrected chi connectivity index (χ1v) is 17.1. The van der Waals surface area contributed by atoms with Crippen molar-refractivity contribution in [2.24, 2.45) is 11.3 Å². The molecule has 0 bridgehead atoms. The largest absolute Gasteiger partial charge is 0.445 e. The number of alkyl halides is 3. The van der Waals surface area contributed by atoms with Gasteiger partial charge in [-0.25, -0.2) is 18.1 Å². The van der Waals surface area contributed by atoms with Crippen molar-refractivity contribution in [1.29, 1.82) is 0 Å². The van der Waals surface area contributed by atoms with E-state index in [1.54, 1.807) is 17.6 Å². The van der Waals surface area contributed by atoms with Crippen LogP contribution in [0.25, 0.3) is 16.3 Å². The molecule has 2 saturated carbocycles. The van der Waals surface area contributed by atoms with E-state index in [1.807, 2.05) is 13.8 Å². The minimum Gasteiger partial charge on any atom is -0.378 e. The van der Waals surface area contributed by atoms with Gasteiger partial charge in [-0.2, -0.15) is 13.2 Å². The predicted molar refractivity (Wildman–Crippen MR) is 154 cm³/mol. The van der Waals surface area contributed by atoms with Crippen LogP contribution in [0.15, 0.2) is 17.2 Å². The van der Waals surface area contributed by atoms with E-state index in [1.165, 1.54) is 6.20 Å². The molecule has 3 atom stereocenters. The summed E-state index contributed by atoms with van der Waals surface area (Å²) in [5, 5.41) is 6.35. The molecule has 2 saturated heterocycles. The Morgan fingerprint density at radius 2 is 1.91 bits per heavy atom. The average Bonchev–Trinajstić information content (AvgIpc) is 3.87. The third kappa shape index (κ3) is 5.24. The lowest BCUT2D eigenvalue weighted by Crippen LogP contribution is -2.47. The number of fused-ring (bicyclic) bond motifs is 1. The number of nitrogens with one attached hydrogen (secondary N) is 1. The van der Waals surface area contributed by atoms with Crippen molar-refractivity contribution in [2.75, 3.05) is 31.7 Å². The topological polar surface area (TPSA) is 111 Å². The van der Waals surface area contributed by atoms with Crippen LogP contribution < -0.4 is 9.62 Å². The third-order valence-electron chi connectivity index (χ3n) is 9.53. The van der Waals surface area contributed by atoms with Crippen LogP contribution >= 0.6 is 11.3 Å². The second-order valence-electron chi connectivity index (χ2n) is 12.6. The van der Waals surface area contributed by atoms with Crippen LogP contribution in [0.2, 0.25) is 0 Å². The Balaban J connectivity index is 1.34. The number of halogens is 3. The molecule has 5 heterocycles. The Hall–Kier alpha value is -2.33. The van der Waals surface area contributed by atoms with Gasteiger partial charge in [-0.05, 0) is 64.4 Å². The maximum Gasteiger partial charge on any atom is 0.445 e. The summed E-state index contributed by atoms with van der Waals surface area (Å²) in [4.78, 5) is 7.14. The molecule has 1 N–H and O–H groups in total. The lowest BCUT2D eigenvalue weighted by Gasteiger charge is -2.42. The van der Waals surface area contributed by atoms with Gasteiger partial charge in [0.1, 0.15) is 10.6 Å². The van der Waals surface area contributed by atoms with E-state index in [2.05, 4.69) is 19.8 Å². The molecule has 7 rings (SSSR count). The van der Waals surface area contributed by atoms with Crippen molar-refractivity contribution < 1.29 is 31.1 Å². The van der Waals surface area contributed by atoms with Crippen LogP contribution in [0, 0.1) is 11.3 Å². The lowest BCUT2D eigenvalue weighted by atomic mass is 9.74. The highest BCUT2D eigenvalue weighted by Gasteiger charge is 2.50. The van der Waals surface area contributed by atoms with Crippen LogP contribution in [0.5, 0.6) is 0 Å². The number of aromatic nitrogens is 4. The van der Waals surface area contributed by atoms with Crippen LogP contribution in [0.1, 0.15) is 69.0 Å². The van der Waals surface area contributed by atoms with Gasteiger partial charge in [-0.3, -0.25) is 4.40 Å². The Labute approximate surface area is 252 Å². The van der Waals surface area contributed by atoms with Crippen LogP contribution in [0.4, 0.5) is 18.9 Å². The fourth-order valence-corrected chi connectivity index (χ4v) is 8.91. The first-order chi connectivity index (χ1) is 20.4. The molecule has 3 aromatic rings. The molecule has 15 heteroatoms. The standard InChI is InChI=1S/C28H35F3N6O4S2/c1-15(17-4-5-17)35-43(38,39)19-12-20(36-10-8-27(9-11-36)14-41-16(2)23(27)40-3)24-32-21(18-6-7-18)22(37(24)13-19)25-33-34-26(42-25)28(29,30)31/h12-13,15-18,23,35H,4-11,14H2,1-3H3/t15?,16-,23?/m0/s1. The maximum atomic E-state index is 13.7. The van der Waals surface area contributed by atoms with Crippen LogP contribution in [-0.2, 0) is 25.7 Å². The van der Waals surface area contributed by atoms with Crippen molar-refractivity contribution in [3.05, 3.63) is 23.0 Å². The van der Waals surface area contributed by atoms with Crippen LogP contribution in [0.3, 0.4) is 0 Å². The van der Waals surface area contributed by atoms with Gasteiger partial charge in [0, 0.05) is 43.8 Å². The Bertz CT molecular complexity index is 1640. The van der Waals surface area contributed by atoms with E-state index < -0.39 is 21.2 Å². The zero-order valence-electron chi connectivity index (χ0n) is 24.2. The number of sulfonamides is 1. The summed E-state index contributed by atoms with van der Waals surface area (Å²) in [6.45, 7) is 5.73. The Morgan fingerprint density at radius 1 is 1.19 bits per heavy atom. The minimum absolute atomic E-state index is 0.0132. The number of methoxy groups -OCH3 is 1. The zero-order chi connectivity index (χ0) is 30.3. The summed E-state index contributed by atoms with van der Waals surface area (Å²) < 4.78 is 84.3. The molecule has 0 amide bonds. The highest BCUT2D eigenvalue weighted by Crippen LogP contribution is 2.48. The number of hydrogen-bond donors (Lipinski definition) is 1. The maximum absolute atomic E-state index is 13.7. The summed E-state index contributed by atoms with van der Waals surface area (Å²) >= 11 is 0.450. The van der Waals surface area contributed by atoms with Crippen molar-refractivity contribution in [2.45, 2.75) is 87.6 Å². The van der Waals surface area contributed by atoms with E-state index in [-0.39, 0.29) is 39.5 Å². The van der Waals surface area contributed by atoms with Crippen molar-refractivity contribution in [3.8, 4) is 10.7 Å². The zero-order valence-corrected chi connectivity index (χ0v) is 25.9. The van der Waals surface area contributed by atoms with Crippen LogP contribution in [-0.4, -0.2) is 73.1 Å². The molecule has 43 heavy (non-hydrogen) atoms. The van der Waals surface area contributed by atoms with Gasteiger partial charge in [-0.1, -0.05) is 11.3 Å². The van der Waals surface area contributed by atoms with Crippen molar-refractivity contribution in [3.63, 3.8) is 0 Å². The van der Waals surface area contributed by atoms with Gasteiger partial charge >= 0.3 is 6.18 Å². The van der Waals surface area contributed by atoms with Crippen molar-refractivity contribution >= 4 is 32.7 Å². The fourth-order valence-electron chi connectivity index (χ4n) is 6.82. The summed E-state index contributed by atoms with van der Waals surface area (Å²) in [6.07, 6.45) is 2.01. The molecular weight excluding hydrogens is 605 g/mol. The molecule has 10 nitrogen and oxygen atoms in total. The molecule has 2 aliphatic heterocycles. The smallest absolute Gasteiger partial charge is 0.378 e. The molecule has 1 spiro atoms. The molecule has 4 aliphatic rings. The molecule has 2 unspecified atom stereocenters. The van der Waals surface area contributed by atoms with Gasteiger partial charge in [-0.15, -0.1) is 10.2 Å². The number of piperidine rings is 1. The number of ether oxygens (including phenoxy) is 2. The highest BCUT2D eigenvalue weighted by molar-refractivity contribution is 7.89. The summed E-state index contributed by atoms with van der Waals surface area (Å²) in [7, 11) is -2.24. The number of anilines is 1. The molecule has 2 aliphatic carbocycles. The van der Waals surface area contributed by atoms with E-state index in [9.17, 15) is 21.6 Å². The average molecular weight is 641 g/mol. The van der Waals surface area contributed by atoms with Gasteiger partial charge in [0.05, 0.1) is 30.2 Å². The second kappa shape index (κ2) is 10.4. The van der Waals surface area contributed by atoms with Crippen molar-refractivity contribution in [1.82, 2.24) is 24.3 Å². The summed E-state index contributed by atoms with van der Waals surface area (Å²) in [6, 6.07) is 1.43. The molecular formula is C28H35F3N6O4S2. The quantitative estimate of drug-likeness (QED) is 0.372. The summed E-state index contributed by atoms with van der Waals surface area (Å²) in [5.74, 6) is 0.367. The molecule has 234 valence electrons. The van der Waals surface area contributed by atoms with E-state index in [0.717, 1.165) is 38.5 Å². The summed E-state index contributed by atoms with van der Waals surface area (Å²) in [5.41, 5.74) is 2.01. The number of imidazole rings is 1. The van der Waals surface area contributed by atoms with E-state index in [0.29, 0.717) is 59.7 Å². The first kappa shape index (κ1) is 29.4. The number of hydrogen-bond acceptors (Lipinski definition) is 9. The van der Waals surface area contributed by atoms with E-state index in [4.69, 9.17) is 14.5 Å². The molecule has 0 aromatic carbocycles. The molecule has 0 radical (unpaired) electrons. The lowest BCUT2D eigenvalue weighted by molar-refractivity contribution is -0.138. The molecule has 3 aromatic heterocycles. The number of nitrogens with zero attached hydrogens (tertiary/aromatic N) is 5. The monoisotopic (exact) mass is 640 g/mol. The number of rotatable bonds is 8. The highest BCUT2D eigenvalue weighted by atomic mass is 32.2. The van der Waals surface area contributed by atoms with Gasteiger partial charge in [0.25, 0.3) is 0 Å². The Kier molecular flexibility index (Phi) is 7.08. The molecule has 4 fully saturated rings. The fraction of sp³-hybridized carbons (Fsp3) is 0.679. The van der Waals surface area contributed by atoms with E-state index >= 15 is 0 Å². The predicted octanol–water partition coefficient (Wildman–Crippen LogP) is 4.85. The second-order valence-corrected chi connectivity index (χ2v) is 15.2. The minimum atomic E-state index is -4.63. The number of pyridine rings is 1. The van der Waals surface area contributed by atoms with Gasteiger partial charge < -0.3 is 14.4 Å². The Morgan fingerprint density at radius 3 is 2.51 bits per heavy atom. The van der Waals surface area contributed by atoms with Gasteiger partial charge in [0.2, 0.25) is 15.0 Å². The third-order valence-corrected chi connectivity index (χ3v) is 12.0. The van der Waals surface area contributed by atoms with Gasteiger partial charge in [0.15, 0.2) is 10.7 Å². The normalized spacial score (nSPS) is 25.2. The first-order valence-electron chi connectivity index (χ1n) is 14.8.